The molecule has 1 saturated heterocycles. The third-order valence-corrected chi connectivity index (χ3v) is 4.03. The minimum Gasteiger partial charge on any atom is -0.339 e. The summed E-state index contributed by atoms with van der Waals surface area (Å²) in [4.78, 5) is 14.0. The van der Waals surface area contributed by atoms with Crippen LogP contribution in [0, 0.1) is 17.6 Å². The number of hydrogen-bond donors (Lipinski definition) is 2. The van der Waals surface area contributed by atoms with Crippen LogP contribution in [0.3, 0.4) is 0 Å². The number of rotatable bonds is 4. The Morgan fingerprint density at radius 3 is 2.38 bits per heavy atom. The summed E-state index contributed by atoms with van der Waals surface area (Å²) in [5.41, 5.74) is 1.56. The van der Waals surface area contributed by atoms with Gasteiger partial charge in [-0.25, -0.2) is 8.78 Å². The van der Waals surface area contributed by atoms with Crippen molar-refractivity contribution in [2.75, 3.05) is 18.5 Å². The maximum absolute atomic E-state index is 13.6. The van der Waals surface area contributed by atoms with Gasteiger partial charge in [0, 0.05) is 18.7 Å². The average Bonchev–Trinajstić information content (AvgIpc) is 2.47. The summed E-state index contributed by atoms with van der Waals surface area (Å²) < 4.78 is 27.3. The Labute approximate surface area is 123 Å². The van der Waals surface area contributed by atoms with E-state index in [1.165, 1.54) is 6.42 Å². The number of anilines is 1. The van der Waals surface area contributed by atoms with Gasteiger partial charge in [0.25, 0.3) is 5.91 Å². The van der Waals surface area contributed by atoms with Gasteiger partial charge in [-0.2, -0.15) is 0 Å². The van der Waals surface area contributed by atoms with Crippen LogP contribution in [-0.2, 0) is 0 Å². The molecule has 1 aliphatic heterocycles. The smallest absolute Gasteiger partial charge is 0.254 e. The third kappa shape index (κ3) is 3.50. The predicted octanol–water partition coefficient (Wildman–Crippen LogP) is 2.90. The molecule has 1 fully saturated rings. The van der Waals surface area contributed by atoms with Gasteiger partial charge in [-0.15, -0.1) is 0 Å². The maximum atomic E-state index is 13.6. The Morgan fingerprint density at radius 2 is 1.90 bits per heavy atom. The molecule has 1 heterocycles. The molecule has 0 aromatic heterocycles. The van der Waals surface area contributed by atoms with Gasteiger partial charge in [0.2, 0.25) is 0 Å². The predicted molar refractivity (Wildman–Crippen MR) is 77.7 cm³/mol. The van der Waals surface area contributed by atoms with Gasteiger partial charge >= 0.3 is 0 Å². The lowest BCUT2D eigenvalue weighted by atomic mass is 9.92. The Kier molecular flexibility index (Phi) is 5.12. The van der Waals surface area contributed by atoms with E-state index in [2.05, 4.69) is 6.92 Å². The zero-order valence-corrected chi connectivity index (χ0v) is 12.2. The summed E-state index contributed by atoms with van der Waals surface area (Å²) in [6.07, 6.45) is 4.21. The number of halogens is 2. The van der Waals surface area contributed by atoms with Crippen LogP contribution in [0.4, 0.5) is 14.5 Å². The molecule has 1 aromatic rings. The molecule has 21 heavy (non-hydrogen) atoms. The first-order valence-corrected chi connectivity index (χ1v) is 7.31. The number of carbonyl (C=O) groups is 1. The number of nitrogens with one attached hydrogen (secondary N) is 1. The molecule has 2 rings (SSSR count). The molecule has 0 unspecified atom stereocenters. The quantitative estimate of drug-likeness (QED) is 0.663. The van der Waals surface area contributed by atoms with Crippen molar-refractivity contribution in [3.8, 4) is 0 Å². The molecular weight excluding hydrogens is 276 g/mol. The molecule has 1 aliphatic rings. The molecule has 1 amide bonds. The van der Waals surface area contributed by atoms with Crippen LogP contribution in [0.2, 0.25) is 0 Å². The van der Waals surface area contributed by atoms with Crippen molar-refractivity contribution < 1.29 is 13.6 Å². The van der Waals surface area contributed by atoms with Crippen molar-refractivity contribution in [1.82, 2.24) is 4.90 Å². The molecule has 3 N–H and O–H groups in total. The highest BCUT2D eigenvalue weighted by Gasteiger charge is 2.24. The second-order valence-corrected chi connectivity index (χ2v) is 5.48. The van der Waals surface area contributed by atoms with Gasteiger partial charge in [-0.3, -0.25) is 10.6 Å². The molecule has 4 nitrogen and oxygen atoms in total. The number of nitrogen functional groups attached to an aromatic ring is 1. The number of likely N-dealkylation sites (tertiary alicyclic amines) is 1. The summed E-state index contributed by atoms with van der Waals surface area (Å²) in [6.45, 7) is 3.43. The van der Waals surface area contributed by atoms with Gasteiger partial charge in [0.05, 0.1) is 0 Å². The van der Waals surface area contributed by atoms with Crippen molar-refractivity contribution in [3.63, 3.8) is 0 Å². The SMILES string of the molecule is CCCC1CCN(C(=O)c2cc(F)c(NN)c(F)c2)CC1. The molecule has 6 heteroatoms. The molecule has 0 radical (unpaired) electrons. The number of amides is 1. The summed E-state index contributed by atoms with van der Waals surface area (Å²) in [5, 5.41) is 0. The van der Waals surface area contributed by atoms with Crippen LogP contribution in [0.1, 0.15) is 43.0 Å². The number of hydrogen-bond acceptors (Lipinski definition) is 3. The van der Waals surface area contributed by atoms with Crippen LogP contribution >= 0.6 is 0 Å². The van der Waals surface area contributed by atoms with E-state index >= 15 is 0 Å². The molecule has 0 spiro atoms. The first-order chi connectivity index (χ1) is 10.1. The first-order valence-electron chi connectivity index (χ1n) is 7.31. The zero-order valence-electron chi connectivity index (χ0n) is 12.2. The summed E-state index contributed by atoms with van der Waals surface area (Å²) in [7, 11) is 0. The minimum atomic E-state index is -0.860. The Balaban J connectivity index is 2.07. The van der Waals surface area contributed by atoms with E-state index in [1.807, 2.05) is 5.43 Å². The zero-order chi connectivity index (χ0) is 15.4. The number of hydrazine groups is 1. The van der Waals surface area contributed by atoms with Crippen molar-refractivity contribution >= 4 is 11.6 Å². The van der Waals surface area contributed by atoms with Gasteiger partial charge in [-0.05, 0) is 30.9 Å². The molecule has 0 saturated carbocycles. The van der Waals surface area contributed by atoms with Crippen LogP contribution in [0.15, 0.2) is 12.1 Å². The second kappa shape index (κ2) is 6.85. The lowest BCUT2D eigenvalue weighted by molar-refractivity contribution is 0.0685. The fourth-order valence-electron chi connectivity index (χ4n) is 2.85. The fourth-order valence-corrected chi connectivity index (χ4v) is 2.85. The molecular formula is C15H21F2N3O. The Bertz CT molecular complexity index is 491. The van der Waals surface area contributed by atoms with E-state index in [-0.39, 0.29) is 11.5 Å². The summed E-state index contributed by atoms with van der Waals surface area (Å²) in [6, 6.07) is 2.05. The highest BCUT2D eigenvalue weighted by atomic mass is 19.1. The lowest BCUT2D eigenvalue weighted by Gasteiger charge is -2.32. The molecule has 0 bridgehead atoms. The standard InChI is InChI=1S/C15H21F2N3O/c1-2-3-10-4-6-20(7-5-10)15(21)11-8-12(16)14(19-18)13(17)9-11/h8-10,19H,2-7,18H2,1H3. The average molecular weight is 297 g/mol. The Hall–Kier alpha value is -1.69. The number of nitrogens with zero attached hydrogens (tertiary/aromatic N) is 1. The minimum absolute atomic E-state index is 0.0259. The topological polar surface area (TPSA) is 58.4 Å². The Morgan fingerprint density at radius 1 is 1.33 bits per heavy atom. The van der Waals surface area contributed by atoms with Gasteiger partial charge in [0.1, 0.15) is 5.69 Å². The molecule has 0 aliphatic carbocycles. The number of piperidine rings is 1. The molecule has 116 valence electrons. The molecule has 1 aromatic carbocycles. The van der Waals surface area contributed by atoms with E-state index in [0.29, 0.717) is 19.0 Å². The van der Waals surface area contributed by atoms with E-state index in [4.69, 9.17) is 5.84 Å². The van der Waals surface area contributed by atoms with E-state index in [1.54, 1.807) is 4.90 Å². The third-order valence-electron chi connectivity index (χ3n) is 4.03. The van der Waals surface area contributed by atoms with Gasteiger partial charge in [-0.1, -0.05) is 19.8 Å². The van der Waals surface area contributed by atoms with Gasteiger partial charge < -0.3 is 10.3 Å². The van der Waals surface area contributed by atoms with Crippen molar-refractivity contribution in [2.45, 2.75) is 32.6 Å². The number of nitrogens with two attached hydrogens (primary N) is 1. The van der Waals surface area contributed by atoms with Crippen molar-refractivity contribution in [3.05, 3.63) is 29.3 Å². The largest absolute Gasteiger partial charge is 0.339 e. The monoisotopic (exact) mass is 297 g/mol. The first kappa shape index (κ1) is 15.7. The highest BCUT2D eigenvalue weighted by Crippen LogP contribution is 2.25. The number of benzene rings is 1. The summed E-state index contributed by atoms with van der Waals surface area (Å²) >= 11 is 0. The molecule has 0 atom stereocenters. The van der Waals surface area contributed by atoms with Crippen LogP contribution in [-0.4, -0.2) is 23.9 Å². The van der Waals surface area contributed by atoms with Crippen molar-refractivity contribution in [2.24, 2.45) is 11.8 Å². The fraction of sp³-hybridized carbons (Fsp3) is 0.533. The normalized spacial score (nSPS) is 16.1. The lowest BCUT2D eigenvalue weighted by Crippen LogP contribution is -2.38. The van der Waals surface area contributed by atoms with Crippen LogP contribution in [0.5, 0.6) is 0 Å². The van der Waals surface area contributed by atoms with E-state index in [9.17, 15) is 13.6 Å². The van der Waals surface area contributed by atoms with Crippen molar-refractivity contribution in [1.29, 1.82) is 0 Å². The van der Waals surface area contributed by atoms with E-state index < -0.39 is 17.3 Å². The van der Waals surface area contributed by atoms with Gasteiger partial charge in [0.15, 0.2) is 11.6 Å². The van der Waals surface area contributed by atoms with E-state index in [0.717, 1.165) is 31.4 Å². The maximum Gasteiger partial charge on any atom is 0.254 e. The second-order valence-electron chi connectivity index (χ2n) is 5.48. The van der Waals surface area contributed by atoms with Crippen LogP contribution in [0.25, 0.3) is 0 Å². The summed E-state index contributed by atoms with van der Waals surface area (Å²) in [5.74, 6) is 3.64. The number of carbonyl (C=O) groups excluding carboxylic acids is 1. The van der Waals surface area contributed by atoms with Crippen LogP contribution < -0.4 is 11.3 Å². The highest BCUT2D eigenvalue weighted by molar-refractivity contribution is 5.94.